The molecular formula is C14H11Cl2N2+. The van der Waals surface area contributed by atoms with Crippen molar-refractivity contribution in [2.24, 2.45) is 0 Å². The van der Waals surface area contributed by atoms with Gasteiger partial charge in [-0.05, 0) is 24.3 Å². The molecule has 2 aromatic carbocycles. The van der Waals surface area contributed by atoms with E-state index in [1.54, 1.807) is 6.07 Å². The lowest BCUT2D eigenvalue weighted by Crippen LogP contribution is -2.32. The van der Waals surface area contributed by atoms with Gasteiger partial charge in [-0.15, -0.1) is 0 Å². The molecule has 2 nitrogen and oxygen atoms in total. The number of aromatic amines is 1. The maximum absolute atomic E-state index is 6.19. The van der Waals surface area contributed by atoms with Gasteiger partial charge in [-0.25, -0.2) is 9.55 Å². The first-order chi connectivity index (χ1) is 8.74. The van der Waals surface area contributed by atoms with E-state index >= 15 is 0 Å². The van der Waals surface area contributed by atoms with E-state index in [0.29, 0.717) is 10.0 Å². The van der Waals surface area contributed by atoms with Crippen LogP contribution in [0.5, 0.6) is 0 Å². The summed E-state index contributed by atoms with van der Waals surface area (Å²) >= 11 is 12.1. The molecule has 0 fully saturated rings. The highest BCUT2D eigenvalue weighted by molar-refractivity contribution is 6.35. The van der Waals surface area contributed by atoms with Crippen molar-refractivity contribution in [3.63, 3.8) is 0 Å². The van der Waals surface area contributed by atoms with E-state index in [9.17, 15) is 0 Å². The Balaban J connectivity index is 2.01. The van der Waals surface area contributed by atoms with E-state index in [-0.39, 0.29) is 0 Å². The van der Waals surface area contributed by atoms with E-state index in [2.05, 4.69) is 21.7 Å². The molecule has 0 saturated carbocycles. The van der Waals surface area contributed by atoms with Gasteiger partial charge in [0.05, 0.1) is 0 Å². The zero-order chi connectivity index (χ0) is 12.5. The number of H-pyrrole nitrogens is 1. The van der Waals surface area contributed by atoms with Crippen LogP contribution in [-0.4, -0.2) is 4.98 Å². The summed E-state index contributed by atoms with van der Waals surface area (Å²) in [6.45, 7) is 0.722. The molecule has 4 heteroatoms. The zero-order valence-corrected chi connectivity index (χ0v) is 11.0. The number of benzene rings is 2. The van der Waals surface area contributed by atoms with E-state index in [0.717, 1.165) is 23.1 Å². The SMILES string of the molecule is Clc1ccc(C[n+]2c[nH]c3ccccc32)c(Cl)c1. The molecule has 0 aliphatic carbocycles. The summed E-state index contributed by atoms with van der Waals surface area (Å²) in [5, 5.41) is 1.35. The van der Waals surface area contributed by atoms with E-state index in [1.165, 1.54) is 0 Å². The normalized spacial score (nSPS) is 11.0. The number of rotatable bonds is 2. The van der Waals surface area contributed by atoms with Gasteiger partial charge in [0.1, 0.15) is 6.54 Å². The van der Waals surface area contributed by atoms with Gasteiger partial charge in [0.2, 0.25) is 6.33 Å². The van der Waals surface area contributed by atoms with E-state index in [1.807, 2.05) is 30.6 Å². The number of halogens is 2. The van der Waals surface area contributed by atoms with Gasteiger partial charge >= 0.3 is 0 Å². The van der Waals surface area contributed by atoms with Crippen LogP contribution in [0.3, 0.4) is 0 Å². The Morgan fingerprint density at radius 1 is 1.06 bits per heavy atom. The highest BCUT2D eigenvalue weighted by atomic mass is 35.5. The van der Waals surface area contributed by atoms with Crippen LogP contribution in [0, 0.1) is 0 Å². The van der Waals surface area contributed by atoms with Crippen molar-refractivity contribution in [3.05, 3.63) is 64.4 Å². The second kappa shape index (κ2) is 4.63. The topological polar surface area (TPSA) is 19.7 Å². The molecule has 0 amide bonds. The van der Waals surface area contributed by atoms with Crippen molar-refractivity contribution in [1.29, 1.82) is 0 Å². The third-order valence-electron chi connectivity index (χ3n) is 2.95. The summed E-state index contributed by atoms with van der Waals surface area (Å²) in [4.78, 5) is 3.23. The van der Waals surface area contributed by atoms with Crippen LogP contribution in [0.25, 0.3) is 11.0 Å². The van der Waals surface area contributed by atoms with Crippen molar-refractivity contribution in [1.82, 2.24) is 4.98 Å². The van der Waals surface area contributed by atoms with Crippen LogP contribution < -0.4 is 4.57 Å². The number of fused-ring (bicyclic) bond motifs is 1. The fraction of sp³-hybridized carbons (Fsp3) is 0.0714. The van der Waals surface area contributed by atoms with Crippen molar-refractivity contribution in [3.8, 4) is 0 Å². The van der Waals surface area contributed by atoms with Crippen LogP contribution in [-0.2, 0) is 6.54 Å². The molecule has 0 radical (unpaired) electrons. The molecule has 0 spiro atoms. The second-order valence-electron chi connectivity index (χ2n) is 4.15. The average molecular weight is 278 g/mol. The molecule has 1 N–H and O–H groups in total. The molecule has 18 heavy (non-hydrogen) atoms. The Morgan fingerprint density at radius 2 is 1.89 bits per heavy atom. The molecule has 0 aliphatic rings. The highest BCUT2D eigenvalue weighted by Gasteiger charge is 2.11. The van der Waals surface area contributed by atoms with Gasteiger partial charge in [-0.2, -0.15) is 0 Å². The average Bonchev–Trinajstić information content (AvgIpc) is 2.76. The second-order valence-corrected chi connectivity index (χ2v) is 5.00. The highest BCUT2D eigenvalue weighted by Crippen LogP contribution is 2.21. The summed E-state index contributed by atoms with van der Waals surface area (Å²) in [6.07, 6.45) is 1.95. The molecule has 0 unspecified atom stereocenters. The Hall–Kier alpha value is -1.51. The maximum atomic E-state index is 6.19. The number of aromatic nitrogens is 2. The van der Waals surface area contributed by atoms with Crippen LogP contribution in [0.1, 0.15) is 5.56 Å². The van der Waals surface area contributed by atoms with Crippen molar-refractivity contribution in [2.45, 2.75) is 6.54 Å². The summed E-state index contributed by atoms with van der Waals surface area (Å²) < 4.78 is 2.13. The number of para-hydroxylation sites is 2. The van der Waals surface area contributed by atoms with Crippen molar-refractivity contribution < 1.29 is 4.57 Å². The summed E-state index contributed by atoms with van der Waals surface area (Å²) in [6, 6.07) is 13.8. The molecule has 3 rings (SSSR count). The molecule has 90 valence electrons. The van der Waals surface area contributed by atoms with Crippen LogP contribution in [0.2, 0.25) is 10.0 Å². The molecule has 0 aliphatic heterocycles. The van der Waals surface area contributed by atoms with E-state index < -0.39 is 0 Å². The Labute approximate surface area is 115 Å². The van der Waals surface area contributed by atoms with Gasteiger partial charge in [-0.1, -0.05) is 41.4 Å². The lowest BCUT2D eigenvalue weighted by molar-refractivity contribution is -0.662. The van der Waals surface area contributed by atoms with Gasteiger partial charge in [0.15, 0.2) is 11.0 Å². The van der Waals surface area contributed by atoms with Crippen LogP contribution >= 0.6 is 23.2 Å². The minimum absolute atomic E-state index is 0.660. The summed E-state index contributed by atoms with van der Waals surface area (Å²) in [5.41, 5.74) is 3.32. The van der Waals surface area contributed by atoms with Crippen LogP contribution in [0.15, 0.2) is 48.8 Å². The zero-order valence-electron chi connectivity index (χ0n) is 9.53. The van der Waals surface area contributed by atoms with Gasteiger partial charge in [0.25, 0.3) is 0 Å². The summed E-state index contributed by atoms with van der Waals surface area (Å²) in [7, 11) is 0. The third kappa shape index (κ3) is 2.09. The minimum atomic E-state index is 0.660. The lowest BCUT2D eigenvalue weighted by atomic mass is 10.2. The third-order valence-corrected chi connectivity index (χ3v) is 3.53. The first-order valence-corrected chi connectivity index (χ1v) is 6.39. The Bertz CT molecular complexity index is 704. The smallest absolute Gasteiger partial charge is 0.242 e. The minimum Gasteiger partial charge on any atom is -0.243 e. The number of hydrogen-bond acceptors (Lipinski definition) is 0. The molecule has 0 atom stereocenters. The fourth-order valence-electron chi connectivity index (χ4n) is 2.03. The molecule has 0 bridgehead atoms. The number of hydrogen-bond donors (Lipinski definition) is 1. The largest absolute Gasteiger partial charge is 0.243 e. The van der Waals surface area contributed by atoms with Crippen molar-refractivity contribution in [2.75, 3.05) is 0 Å². The monoisotopic (exact) mass is 277 g/mol. The molecule has 1 heterocycles. The van der Waals surface area contributed by atoms with Gasteiger partial charge in [-0.3, -0.25) is 0 Å². The molecule has 3 aromatic rings. The van der Waals surface area contributed by atoms with Gasteiger partial charge < -0.3 is 0 Å². The van der Waals surface area contributed by atoms with E-state index in [4.69, 9.17) is 23.2 Å². The predicted molar refractivity (Wildman–Crippen MR) is 74.1 cm³/mol. The van der Waals surface area contributed by atoms with Gasteiger partial charge in [0, 0.05) is 15.6 Å². The number of imidazole rings is 1. The number of nitrogens with one attached hydrogen (secondary N) is 1. The standard InChI is InChI=1S/C14H10Cl2N2/c15-11-6-5-10(12(16)7-11)8-18-9-17-13-3-1-2-4-14(13)18/h1-7,9H,8H2/p+1. The molecule has 0 saturated heterocycles. The fourth-order valence-corrected chi connectivity index (χ4v) is 2.50. The predicted octanol–water partition coefficient (Wildman–Crippen LogP) is 3.81. The summed E-state index contributed by atoms with van der Waals surface area (Å²) in [5.74, 6) is 0. The van der Waals surface area contributed by atoms with Crippen molar-refractivity contribution >= 4 is 34.2 Å². The Kier molecular flexibility index (Phi) is 2.98. The molecular weight excluding hydrogens is 267 g/mol. The maximum Gasteiger partial charge on any atom is 0.242 e. The number of nitrogens with zero attached hydrogens (tertiary/aromatic N) is 1. The first kappa shape index (κ1) is 11.6. The lowest BCUT2D eigenvalue weighted by Gasteiger charge is -2.02. The quantitative estimate of drug-likeness (QED) is 0.688. The Morgan fingerprint density at radius 3 is 2.72 bits per heavy atom. The van der Waals surface area contributed by atoms with Crippen LogP contribution in [0.4, 0.5) is 0 Å². The molecule has 1 aromatic heterocycles. The first-order valence-electron chi connectivity index (χ1n) is 5.63.